The first-order valence-electron chi connectivity index (χ1n) is 9.40. The Morgan fingerprint density at radius 1 is 1.00 bits per heavy atom. The number of rotatable bonds is 8. The van der Waals surface area contributed by atoms with Crippen molar-refractivity contribution >= 4 is 23.4 Å². The van der Waals surface area contributed by atoms with E-state index in [-0.39, 0.29) is 23.7 Å². The molecular formula is C20H29ClN2O2. The Bertz CT molecular complexity index is 569. The Morgan fingerprint density at radius 3 is 2.20 bits per heavy atom. The standard InChI is InChI=1S/C20H29ClN2O2/c1-2-3-6-13-22-19(24)15-9-11-16(12-10-15)20(25)23-14-17-7-4-5-8-18(17)21/h4-5,7-8,15-16H,2-3,6,9-14H2,1H3,(H,22,24)(H,23,25). The van der Waals surface area contributed by atoms with Crippen LogP contribution < -0.4 is 10.6 Å². The van der Waals surface area contributed by atoms with Gasteiger partial charge in [-0.1, -0.05) is 49.6 Å². The monoisotopic (exact) mass is 364 g/mol. The fourth-order valence-electron chi connectivity index (χ4n) is 3.32. The van der Waals surface area contributed by atoms with Crippen LogP contribution in [0.5, 0.6) is 0 Å². The van der Waals surface area contributed by atoms with E-state index in [1.165, 1.54) is 0 Å². The van der Waals surface area contributed by atoms with E-state index in [4.69, 9.17) is 11.6 Å². The maximum absolute atomic E-state index is 12.3. The van der Waals surface area contributed by atoms with Crippen LogP contribution in [-0.4, -0.2) is 18.4 Å². The average molecular weight is 365 g/mol. The number of carbonyl (C=O) groups is 2. The number of amides is 2. The number of nitrogens with one attached hydrogen (secondary N) is 2. The van der Waals surface area contributed by atoms with Gasteiger partial charge >= 0.3 is 0 Å². The summed E-state index contributed by atoms with van der Waals surface area (Å²) >= 11 is 6.11. The third-order valence-electron chi connectivity index (χ3n) is 4.96. The largest absolute Gasteiger partial charge is 0.356 e. The molecule has 4 nitrogen and oxygen atoms in total. The van der Waals surface area contributed by atoms with Gasteiger partial charge in [0.1, 0.15) is 0 Å². The van der Waals surface area contributed by atoms with Gasteiger partial charge in [0.15, 0.2) is 0 Å². The van der Waals surface area contributed by atoms with E-state index in [9.17, 15) is 9.59 Å². The molecule has 1 aliphatic rings. The van der Waals surface area contributed by atoms with Crippen molar-refractivity contribution in [1.29, 1.82) is 0 Å². The van der Waals surface area contributed by atoms with Crippen LogP contribution in [0, 0.1) is 11.8 Å². The molecule has 0 unspecified atom stereocenters. The Kier molecular flexibility index (Phi) is 8.26. The Labute approximate surface area is 155 Å². The molecule has 1 saturated carbocycles. The van der Waals surface area contributed by atoms with Crippen molar-refractivity contribution in [2.45, 2.75) is 58.4 Å². The van der Waals surface area contributed by atoms with Crippen molar-refractivity contribution in [2.75, 3.05) is 6.54 Å². The van der Waals surface area contributed by atoms with Gasteiger partial charge in [0.05, 0.1) is 0 Å². The molecule has 0 atom stereocenters. The smallest absolute Gasteiger partial charge is 0.223 e. The molecule has 0 bridgehead atoms. The minimum atomic E-state index is 0.00614. The quantitative estimate of drug-likeness (QED) is 0.683. The van der Waals surface area contributed by atoms with Gasteiger partial charge in [-0.3, -0.25) is 9.59 Å². The highest BCUT2D eigenvalue weighted by molar-refractivity contribution is 6.31. The summed E-state index contributed by atoms with van der Waals surface area (Å²) in [5.41, 5.74) is 0.928. The van der Waals surface area contributed by atoms with Crippen LogP contribution in [0.2, 0.25) is 5.02 Å². The van der Waals surface area contributed by atoms with Gasteiger partial charge in [-0.2, -0.15) is 0 Å². The van der Waals surface area contributed by atoms with Crippen LogP contribution in [0.4, 0.5) is 0 Å². The second-order valence-electron chi connectivity index (χ2n) is 6.86. The predicted octanol–water partition coefficient (Wildman–Crippen LogP) is 4.07. The predicted molar refractivity (Wildman–Crippen MR) is 101 cm³/mol. The van der Waals surface area contributed by atoms with Crippen molar-refractivity contribution < 1.29 is 9.59 Å². The van der Waals surface area contributed by atoms with Crippen LogP contribution >= 0.6 is 11.6 Å². The van der Waals surface area contributed by atoms with Gasteiger partial charge in [-0.05, 0) is 43.7 Å². The summed E-state index contributed by atoms with van der Waals surface area (Å²) < 4.78 is 0. The summed E-state index contributed by atoms with van der Waals surface area (Å²) in [5.74, 6) is 0.300. The molecular weight excluding hydrogens is 336 g/mol. The molecule has 1 aromatic carbocycles. The van der Waals surface area contributed by atoms with Gasteiger partial charge in [0, 0.05) is 29.9 Å². The van der Waals surface area contributed by atoms with Crippen molar-refractivity contribution in [3.63, 3.8) is 0 Å². The summed E-state index contributed by atoms with van der Waals surface area (Å²) in [6.45, 7) is 3.38. The number of unbranched alkanes of at least 4 members (excludes halogenated alkanes) is 2. The first kappa shape index (κ1) is 19.8. The number of benzene rings is 1. The number of carbonyl (C=O) groups excluding carboxylic acids is 2. The molecule has 25 heavy (non-hydrogen) atoms. The topological polar surface area (TPSA) is 58.2 Å². The molecule has 0 aromatic heterocycles. The number of halogens is 1. The van der Waals surface area contributed by atoms with Crippen LogP contribution in [0.15, 0.2) is 24.3 Å². The molecule has 1 aliphatic carbocycles. The third kappa shape index (κ3) is 6.35. The zero-order valence-corrected chi connectivity index (χ0v) is 15.8. The third-order valence-corrected chi connectivity index (χ3v) is 5.33. The Balaban J connectivity index is 1.69. The summed E-state index contributed by atoms with van der Waals surface area (Å²) in [6.07, 6.45) is 6.50. The molecule has 0 aliphatic heterocycles. The average Bonchev–Trinajstić information content (AvgIpc) is 2.64. The highest BCUT2D eigenvalue weighted by Crippen LogP contribution is 2.29. The lowest BCUT2D eigenvalue weighted by atomic mass is 9.81. The number of hydrogen-bond acceptors (Lipinski definition) is 2. The van der Waals surface area contributed by atoms with Gasteiger partial charge in [0.2, 0.25) is 11.8 Å². The van der Waals surface area contributed by atoms with Crippen molar-refractivity contribution in [1.82, 2.24) is 10.6 Å². The highest BCUT2D eigenvalue weighted by Gasteiger charge is 2.29. The lowest BCUT2D eigenvalue weighted by Crippen LogP contribution is -2.37. The lowest BCUT2D eigenvalue weighted by Gasteiger charge is -2.27. The molecule has 0 heterocycles. The normalized spacial score (nSPS) is 20.1. The molecule has 2 rings (SSSR count). The van der Waals surface area contributed by atoms with E-state index in [1.54, 1.807) is 0 Å². The van der Waals surface area contributed by atoms with Crippen molar-refractivity contribution in [3.8, 4) is 0 Å². The molecule has 0 saturated heterocycles. The van der Waals surface area contributed by atoms with E-state index >= 15 is 0 Å². The molecule has 2 N–H and O–H groups in total. The SMILES string of the molecule is CCCCCNC(=O)C1CCC(C(=O)NCc2ccccc2Cl)CC1. The van der Waals surface area contributed by atoms with Crippen LogP contribution in [0.1, 0.15) is 57.4 Å². The zero-order chi connectivity index (χ0) is 18.1. The Hall–Kier alpha value is -1.55. The van der Waals surface area contributed by atoms with E-state index in [0.29, 0.717) is 11.6 Å². The van der Waals surface area contributed by atoms with Crippen LogP contribution in [0.25, 0.3) is 0 Å². The Morgan fingerprint density at radius 2 is 1.60 bits per heavy atom. The number of hydrogen-bond donors (Lipinski definition) is 2. The highest BCUT2D eigenvalue weighted by atomic mass is 35.5. The molecule has 1 aromatic rings. The summed E-state index contributed by atoms with van der Waals surface area (Å²) in [6, 6.07) is 7.54. The van der Waals surface area contributed by atoms with Crippen molar-refractivity contribution in [2.24, 2.45) is 11.8 Å². The van der Waals surface area contributed by atoms with E-state index in [2.05, 4.69) is 17.6 Å². The van der Waals surface area contributed by atoms with E-state index in [0.717, 1.165) is 57.1 Å². The molecule has 0 radical (unpaired) electrons. The lowest BCUT2D eigenvalue weighted by molar-refractivity contribution is -0.130. The molecule has 138 valence electrons. The summed E-state index contributed by atoms with van der Waals surface area (Å²) in [5, 5.41) is 6.68. The van der Waals surface area contributed by atoms with Crippen molar-refractivity contribution in [3.05, 3.63) is 34.9 Å². The van der Waals surface area contributed by atoms with E-state index in [1.807, 2.05) is 24.3 Å². The minimum Gasteiger partial charge on any atom is -0.356 e. The van der Waals surface area contributed by atoms with Crippen LogP contribution in [0.3, 0.4) is 0 Å². The van der Waals surface area contributed by atoms with E-state index < -0.39 is 0 Å². The minimum absolute atomic E-state index is 0.00614. The fraction of sp³-hybridized carbons (Fsp3) is 0.600. The van der Waals surface area contributed by atoms with Gasteiger partial charge in [-0.25, -0.2) is 0 Å². The molecule has 0 spiro atoms. The van der Waals surface area contributed by atoms with Crippen LogP contribution in [-0.2, 0) is 16.1 Å². The second kappa shape index (κ2) is 10.4. The molecule has 2 amide bonds. The fourth-order valence-corrected chi connectivity index (χ4v) is 3.52. The first-order chi connectivity index (χ1) is 12.1. The maximum Gasteiger partial charge on any atom is 0.223 e. The van der Waals surface area contributed by atoms with Gasteiger partial charge < -0.3 is 10.6 Å². The molecule has 1 fully saturated rings. The summed E-state index contributed by atoms with van der Waals surface area (Å²) in [4.78, 5) is 24.5. The van der Waals surface area contributed by atoms with Gasteiger partial charge in [-0.15, -0.1) is 0 Å². The zero-order valence-electron chi connectivity index (χ0n) is 15.0. The summed E-state index contributed by atoms with van der Waals surface area (Å²) in [7, 11) is 0. The second-order valence-corrected chi connectivity index (χ2v) is 7.26. The maximum atomic E-state index is 12.3. The first-order valence-corrected chi connectivity index (χ1v) is 9.78. The molecule has 5 heteroatoms. The van der Waals surface area contributed by atoms with Gasteiger partial charge in [0.25, 0.3) is 0 Å².